The molecule has 1 N–H and O–H groups in total. The Bertz CT molecular complexity index is 406. The minimum Gasteiger partial charge on any atom is -0.370 e. The molecule has 1 aromatic rings. The highest BCUT2D eigenvalue weighted by Gasteiger charge is 2.24. The van der Waals surface area contributed by atoms with Crippen LogP contribution in [0.1, 0.15) is 12.0 Å². The first kappa shape index (κ1) is 13.8. The highest BCUT2D eigenvalue weighted by atomic mass is 79.9. The highest BCUT2D eigenvalue weighted by Crippen LogP contribution is 2.27. The molecule has 0 aromatic heterocycles. The quantitative estimate of drug-likeness (QED) is 0.920. The molecule has 1 heterocycles. The second-order valence-corrected chi connectivity index (χ2v) is 6.01. The Balaban J connectivity index is 2.08. The van der Waals surface area contributed by atoms with Gasteiger partial charge in [-0.15, -0.1) is 0 Å². The van der Waals surface area contributed by atoms with Crippen molar-refractivity contribution in [2.24, 2.45) is 0 Å². The van der Waals surface area contributed by atoms with Gasteiger partial charge in [0.2, 0.25) is 0 Å². The number of nitrogens with one attached hydrogen (secondary N) is 1. The van der Waals surface area contributed by atoms with Gasteiger partial charge in [-0.05, 0) is 45.3 Å². The molecule has 0 aliphatic carbocycles. The van der Waals surface area contributed by atoms with Crippen LogP contribution in [-0.2, 0) is 6.54 Å². The molecule has 1 aromatic carbocycles. The maximum Gasteiger partial charge on any atom is 0.0378 e. The lowest BCUT2D eigenvalue weighted by atomic mass is 10.2. The monoisotopic (exact) mass is 311 g/mol. The van der Waals surface area contributed by atoms with Gasteiger partial charge in [-0.3, -0.25) is 0 Å². The molecule has 0 saturated carbocycles. The fraction of sp³-hybridized carbons (Fsp3) is 0.571. The van der Waals surface area contributed by atoms with Crippen molar-refractivity contribution >= 4 is 21.6 Å². The Kier molecular flexibility index (Phi) is 4.65. The van der Waals surface area contributed by atoms with E-state index in [0.717, 1.165) is 19.6 Å². The van der Waals surface area contributed by atoms with Gasteiger partial charge in [0, 0.05) is 35.8 Å². The van der Waals surface area contributed by atoms with Crippen molar-refractivity contribution < 1.29 is 0 Å². The first-order chi connectivity index (χ1) is 8.61. The average Bonchev–Trinajstić information content (AvgIpc) is 2.81. The third kappa shape index (κ3) is 3.05. The first-order valence-corrected chi connectivity index (χ1v) is 7.25. The summed E-state index contributed by atoms with van der Waals surface area (Å²) in [6.45, 7) is 3.19. The number of hydrogen-bond acceptors (Lipinski definition) is 3. The Morgan fingerprint density at radius 3 is 2.78 bits per heavy atom. The average molecular weight is 312 g/mol. The SMILES string of the molecule is CNCc1ccc(N2CCC(N(C)C)C2)cc1Br. The van der Waals surface area contributed by atoms with E-state index in [4.69, 9.17) is 0 Å². The zero-order valence-corrected chi connectivity index (χ0v) is 13.0. The lowest BCUT2D eigenvalue weighted by Crippen LogP contribution is -2.31. The zero-order chi connectivity index (χ0) is 13.1. The topological polar surface area (TPSA) is 18.5 Å². The van der Waals surface area contributed by atoms with E-state index in [0.29, 0.717) is 6.04 Å². The van der Waals surface area contributed by atoms with Crippen LogP contribution >= 0.6 is 15.9 Å². The molecule has 1 atom stereocenters. The van der Waals surface area contributed by atoms with Gasteiger partial charge < -0.3 is 15.1 Å². The molecule has 0 radical (unpaired) electrons. The van der Waals surface area contributed by atoms with E-state index < -0.39 is 0 Å². The number of nitrogens with zero attached hydrogens (tertiary/aromatic N) is 2. The van der Waals surface area contributed by atoms with Crippen molar-refractivity contribution in [1.29, 1.82) is 0 Å². The molecule has 1 unspecified atom stereocenters. The van der Waals surface area contributed by atoms with E-state index in [-0.39, 0.29) is 0 Å². The standard InChI is InChI=1S/C14H22BrN3/c1-16-9-11-4-5-12(8-14(11)15)18-7-6-13(10-18)17(2)3/h4-5,8,13,16H,6-7,9-10H2,1-3H3. The normalized spacial score (nSPS) is 19.8. The molecule has 1 aliphatic heterocycles. The van der Waals surface area contributed by atoms with E-state index in [1.54, 1.807) is 0 Å². The summed E-state index contributed by atoms with van der Waals surface area (Å²) in [6.07, 6.45) is 1.25. The molecular formula is C14H22BrN3. The van der Waals surface area contributed by atoms with Crippen molar-refractivity contribution in [3.63, 3.8) is 0 Å². The molecule has 4 heteroatoms. The molecule has 0 spiro atoms. The summed E-state index contributed by atoms with van der Waals surface area (Å²) in [5, 5.41) is 3.19. The van der Waals surface area contributed by atoms with Crippen LogP contribution in [0.5, 0.6) is 0 Å². The second kappa shape index (κ2) is 6.04. The van der Waals surface area contributed by atoms with Gasteiger partial charge in [0.1, 0.15) is 0 Å². The third-order valence-electron chi connectivity index (χ3n) is 3.66. The number of hydrogen-bond donors (Lipinski definition) is 1. The lowest BCUT2D eigenvalue weighted by molar-refractivity contribution is 0.315. The molecule has 1 aliphatic rings. The highest BCUT2D eigenvalue weighted by molar-refractivity contribution is 9.10. The van der Waals surface area contributed by atoms with Crippen LogP contribution in [0.2, 0.25) is 0 Å². The van der Waals surface area contributed by atoms with Gasteiger partial charge >= 0.3 is 0 Å². The van der Waals surface area contributed by atoms with Crippen LogP contribution in [0.4, 0.5) is 5.69 Å². The smallest absolute Gasteiger partial charge is 0.0378 e. The van der Waals surface area contributed by atoms with Crippen molar-refractivity contribution in [2.75, 3.05) is 39.1 Å². The van der Waals surface area contributed by atoms with Crippen LogP contribution in [-0.4, -0.2) is 45.2 Å². The van der Waals surface area contributed by atoms with Gasteiger partial charge in [0.15, 0.2) is 0 Å². The fourth-order valence-electron chi connectivity index (χ4n) is 2.46. The molecule has 1 fully saturated rings. The number of halogens is 1. The molecule has 0 bridgehead atoms. The van der Waals surface area contributed by atoms with Crippen LogP contribution in [0.15, 0.2) is 22.7 Å². The first-order valence-electron chi connectivity index (χ1n) is 6.46. The zero-order valence-electron chi connectivity index (χ0n) is 11.4. The van der Waals surface area contributed by atoms with Gasteiger partial charge in [-0.2, -0.15) is 0 Å². The van der Waals surface area contributed by atoms with Gasteiger partial charge in [0.25, 0.3) is 0 Å². The van der Waals surface area contributed by atoms with Crippen molar-refractivity contribution in [2.45, 2.75) is 19.0 Å². The van der Waals surface area contributed by atoms with Crippen LogP contribution in [0.3, 0.4) is 0 Å². The van der Waals surface area contributed by atoms with Gasteiger partial charge in [0.05, 0.1) is 0 Å². The fourth-order valence-corrected chi connectivity index (χ4v) is 2.97. The summed E-state index contributed by atoms with van der Waals surface area (Å²) >= 11 is 3.66. The summed E-state index contributed by atoms with van der Waals surface area (Å²) in [5.74, 6) is 0. The maximum atomic E-state index is 3.66. The third-order valence-corrected chi connectivity index (χ3v) is 4.40. The minimum atomic E-state index is 0.681. The molecule has 100 valence electrons. The van der Waals surface area contributed by atoms with Crippen LogP contribution < -0.4 is 10.2 Å². The summed E-state index contributed by atoms with van der Waals surface area (Å²) in [7, 11) is 6.31. The van der Waals surface area contributed by atoms with Gasteiger partial charge in [-0.1, -0.05) is 22.0 Å². The Labute approximate surface area is 118 Å². The van der Waals surface area contributed by atoms with Crippen LogP contribution in [0, 0.1) is 0 Å². The predicted molar refractivity (Wildman–Crippen MR) is 81.2 cm³/mol. The summed E-state index contributed by atoms with van der Waals surface area (Å²) in [5.41, 5.74) is 2.63. The molecule has 18 heavy (non-hydrogen) atoms. The van der Waals surface area contributed by atoms with Crippen molar-refractivity contribution in [3.05, 3.63) is 28.2 Å². The van der Waals surface area contributed by atoms with E-state index in [9.17, 15) is 0 Å². The number of benzene rings is 1. The summed E-state index contributed by atoms with van der Waals surface area (Å²) in [6, 6.07) is 7.36. The van der Waals surface area contributed by atoms with Gasteiger partial charge in [-0.25, -0.2) is 0 Å². The Morgan fingerprint density at radius 2 is 2.22 bits per heavy atom. The lowest BCUT2D eigenvalue weighted by Gasteiger charge is -2.22. The number of likely N-dealkylation sites (N-methyl/N-ethyl adjacent to an activating group) is 1. The van der Waals surface area contributed by atoms with E-state index >= 15 is 0 Å². The maximum absolute atomic E-state index is 3.66. The molecule has 0 amide bonds. The van der Waals surface area contributed by atoms with Crippen molar-refractivity contribution in [1.82, 2.24) is 10.2 Å². The molecule has 1 saturated heterocycles. The predicted octanol–water partition coefficient (Wildman–Crippen LogP) is 2.31. The molecular weight excluding hydrogens is 290 g/mol. The summed E-state index contributed by atoms with van der Waals surface area (Å²) < 4.78 is 1.20. The Hall–Kier alpha value is -0.580. The van der Waals surface area contributed by atoms with Crippen LogP contribution in [0.25, 0.3) is 0 Å². The molecule has 2 rings (SSSR count). The van der Waals surface area contributed by atoms with Crippen molar-refractivity contribution in [3.8, 4) is 0 Å². The minimum absolute atomic E-state index is 0.681. The van der Waals surface area contributed by atoms with E-state index in [1.165, 1.54) is 22.1 Å². The molecule has 3 nitrogen and oxygen atoms in total. The second-order valence-electron chi connectivity index (χ2n) is 5.16. The number of anilines is 1. The van der Waals surface area contributed by atoms with E-state index in [2.05, 4.69) is 63.3 Å². The number of rotatable bonds is 4. The largest absolute Gasteiger partial charge is 0.370 e. The summed E-state index contributed by atoms with van der Waals surface area (Å²) in [4.78, 5) is 4.79. The van der Waals surface area contributed by atoms with E-state index in [1.807, 2.05) is 7.05 Å². The Morgan fingerprint density at radius 1 is 1.44 bits per heavy atom.